The number of methoxy groups -OCH3 is 1. The highest BCUT2D eigenvalue weighted by atomic mass is 16.6. The first-order valence-corrected chi connectivity index (χ1v) is 8.85. The minimum atomic E-state index is -0.657. The zero-order chi connectivity index (χ0) is 20.1. The standard InChI is InChI=1S/C20H20N2O6/c1-27-16-7-8-17(18(11-16)22(25)26)21-19(23)12-28-20(24)10-13-5-6-14-3-2-4-15(14)9-13/h5-9,11H,2-4,10,12H2,1H3,(H,21,23). The SMILES string of the molecule is COc1ccc(NC(=O)COC(=O)Cc2ccc3c(c2)CCC3)c([N+](=O)[O-])c1. The molecule has 146 valence electrons. The first kappa shape index (κ1) is 19.3. The molecule has 2 aromatic carbocycles. The van der Waals surface area contributed by atoms with Crippen molar-refractivity contribution in [1.82, 2.24) is 0 Å². The molecule has 0 aliphatic heterocycles. The van der Waals surface area contributed by atoms with E-state index in [9.17, 15) is 19.7 Å². The highest BCUT2D eigenvalue weighted by Crippen LogP contribution is 2.29. The van der Waals surface area contributed by atoms with Crippen molar-refractivity contribution in [3.63, 3.8) is 0 Å². The summed E-state index contributed by atoms with van der Waals surface area (Å²) in [5.41, 5.74) is 3.12. The highest BCUT2D eigenvalue weighted by molar-refractivity contribution is 5.95. The van der Waals surface area contributed by atoms with Gasteiger partial charge in [0, 0.05) is 0 Å². The molecule has 0 saturated carbocycles. The topological polar surface area (TPSA) is 108 Å². The fourth-order valence-electron chi connectivity index (χ4n) is 3.18. The number of fused-ring (bicyclic) bond motifs is 1. The predicted octanol–water partition coefficient (Wildman–Crippen LogP) is 2.82. The number of benzene rings is 2. The van der Waals surface area contributed by atoms with Gasteiger partial charge in [0.25, 0.3) is 11.6 Å². The number of hydrogen-bond acceptors (Lipinski definition) is 6. The lowest BCUT2D eigenvalue weighted by Gasteiger charge is -2.09. The van der Waals surface area contributed by atoms with Crippen LogP contribution >= 0.6 is 0 Å². The van der Waals surface area contributed by atoms with Crippen LogP contribution in [-0.2, 0) is 33.6 Å². The van der Waals surface area contributed by atoms with Gasteiger partial charge >= 0.3 is 5.97 Å². The summed E-state index contributed by atoms with van der Waals surface area (Å²) in [6, 6.07) is 9.98. The largest absolute Gasteiger partial charge is 0.496 e. The number of nitrogens with zero attached hydrogens (tertiary/aromatic N) is 1. The Morgan fingerprint density at radius 1 is 1.14 bits per heavy atom. The van der Waals surface area contributed by atoms with E-state index in [0.29, 0.717) is 5.75 Å². The molecule has 1 N–H and O–H groups in total. The maximum absolute atomic E-state index is 12.0. The monoisotopic (exact) mass is 384 g/mol. The second kappa shape index (κ2) is 8.51. The second-order valence-corrected chi connectivity index (χ2v) is 6.48. The lowest BCUT2D eigenvalue weighted by molar-refractivity contribution is -0.384. The van der Waals surface area contributed by atoms with Crippen molar-refractivity contribution in [2.24, 2.45) is 0 Å². The van der Waals surface area contributed by atoms with Crippen LogP contribution in [0.4, 0.5) is 11.4 Å². The van der Waals surface area contributed by atoms with Crippen molar-refractivity contribution >= 4 is 23.3 Å². The Bertz CT molecular complexity index is 925. The third-order valence-electron chi connectivity index (χ3n) is 4.55. The average Bonchev–Trinajstić information content (AvgIpc) is 3.14. The summed E-state index contributed by atoms with van der Waals surface area (Å²) in [5.74, 6) is -0.890. The third-order valence-corrected chi connectivity index (χ3v) is 4.55. The van der Waals surface area contributed by atoms with E-state index < -0.39 is 23.4 Å². The van der Waals surface area contributed by atoms with Gasteiger partial charge in [0.15, 0.2) is 6.61 Å². The molecule has 0 unspecified atom stereocenters. The van der Waals surface area contributed by atoms with Gasteiger partial charge in [-0.2, -0.15) is 0 Å². The highest BCUT2D eigenvalue weighted by Gasteiger charge is 2.18. The summed E-state index contributed by atoms with van der Waals surface area (Å²) in [6.07, 6.45) is 3.28. The number of hydrogen-bond donors (Lipinski definition) is 1. The van der Waals surface area contributed by atoms with Crippen LogP contribution in [0.1, 0.15) is 23.1 Å². The summed E-state index contributed by atoms with van der Waals surface area (Å²) in [5, 5.41) is 13.5. The van der Waals surface area contributed by atoms with Crippen LogP contribution in [0.2, 0.25) is 0 Å². The average molecular weight is 384 g/mol. The molecule has 1 aliphatic carbocycles. The van der Waals surface area contributed by atoms with Crippen LogP contribution in [0.25, 0.3) is 0 Å². The first-order chi connectivity index (χ1) is 13.5. The molecule has 0 bridgehead atoms. The minimum Gasteiger partial charge on any atom is -0.496 e. The Morgan fingerprint density at radius 3 is 2.68 bits per heavy atom. The van der Waals surface area contributed by atoms with Gasteiger partial charge in [-0.3, -0.25) is 19.7 Å². The Hall–Kier alpha value is -3.42. The van der Waals surface area contributed by atoms with Gasteiger partial charge < -0.3 is 14.8 Å². The Morgan fingerprint density at radius 2 is 1.93 bits per heavy atom. The van der Waals surface area contributed by atoms with Crippen molar-refractivity contribution in [2.75, 3.05) is 19.0 Å². The number of anilines is 1. The maximum Gasteiger partial charge on any atom is 0.310 e. The van der Waals surface area contributed by atoms with Crippen molar-refractivity contribution in [3.05, 3.63) is 63.2 Å². The second-order valence-electron chi connectivity index (χ2n) is 6.48. The van der Waals surface area contributed by atoms with E-state index in [2.05, 4.69) is 5.32 Å². The third kappa shape index (κ3) is 4.64. The van der Waals surface area contributed by atoms with E-state index in [4.69, 9.17) is 9.47 Å². The van der Waals surface area contributed by atoms with Crippen molar-refractivity contribution < 1.29 is 24.0 Å². The molecule has 8 nitrogen and oxygen atoms in total. The van der Waals surface area contributed by atoms with Crippen LogP contribution < -0.4 is 10.1 Å². The number of nitro benzene ring substituents is 1. The van der Waals surface area contributed by atoms with Crippen molar-refractivity contribution in [2.45, 2.75) is 25.7 Å². The molecule has 1 aliphatic rings. The summed E-state index contributed by atoms with van der Waals surface area (Å²) in [7, 11) is 1.39. The van der Waals surface area contributed by atoms with Gasteiger partial charge in [-0.05, 0) is 48.1 Å². The summed E-state index contributed by atoms with van der Waals surface area (Å²) < 4.78 is 9.94. The van der Waals surface area contributed by atoms with Crippen LogP contribution in [0, 0.1) is 10.1 Å². The zero-order valence-corrected chi connectivity index (χ0v) is 15.4. The number of carbonyl (C=O) groups is 2. The molecule has 0 spiro atoms. The summed E-state index contributed by atoms with van der Waals surface area (Å²) in [6.45, 7) is -0.521. The van der Waals surface area contributed by atoms with E-state index in [1.165, 1.54) is 36.4 Å². The molecule has 0 heterocycles. The number of rotatable bonds is 7. The zero-order valence-electron chi connectivity index (χ0n) is 15.4. The number of nitro groups is 1. The van der Waals surface area contributed by atoms with E-state index >= 15 is 0 Å². The van der Waals surface area contributed by atoms with E-state index in [-0.39, 0.29) is 17.8 Å². The van der Waals surface area contributed by atoms with Gasteiger partial charge in [0.1, 0.15) is 11.4 Å². The molecule has 0 atom stereocenters. The van der Waals surface area contributed by atoms with Gasteiger partial charge in [-0.1, -0.05) is 18.2 Å². The first-order valence-electron chi connectivity index (χ1n) is 8.85. The molecule has 28 heavy (non-hydrogen) atoms. The number of ether oxygens (including phenoxy) is 2. The Balaban J connectivity index is 1.54. The summed E-state index contributed by atoms with van der Waals surface area (Å²) in [4.78, 5) is 34.5. The molecule has 8 heteroatoms. The number of aryl methyl sites for hydroxylation is 2. The van der Waals surface area contributed by atoms with Crippen LogP contribution in [-0.4, -0.2) is 30.5 Å². The quantitative estimate of drug-likeness (QED) is 0.447. The predicted molar refractivity (Wildman–Crippen MR) is 101 cm³/mol. The molecule has 0 saturated heterocycles. The number of amides is 1. The fraction of sp³-hybridized carbons (Fsp3) is 0.300. The normalized spacial score (nSPS) is 12.2. The number of nitrogens with one attached hydrogen (secondary N) is 1. The molecular weight excluding hydrogens is 364 g/mol. The van der Waals surface area contributed by atoms with E-state index in [1.54, 1.807) is 0 Å². The number of carbonyl (C=O) groups excluding carboxylic acids is 2. The molecular formula is C20H20N2O6. The van der Waals surface area contributed by atoms with E-state index in [0.717, 1.165) is 24.8 Å². The lowest BCUT2D eigenvalue weighted by atomic mass is 10.0. The van der Waals surface area contributed by atoms with Gasteiger partial charge in [-0.25, -0.2) is 0 Å². The smallest absolute Gasteiger partial charge is 0.310 e. The minimum absolute atomic E-state index is 0.00507. The molecule has 0 radical (unpaired) electrons. The van der Waals surface area contributed by atoms with Gasteiger partial charge in [0.05, 0.1) is 24.5 Å². The van der Waals surface area contributed by atoms with Gasteiger partial charge in [-0.15, -0.1) is 0 Å². The molecule has 3 rings (SSSR count). The molecule has 0 aromatic heterocycles. The number of esters is 1. The molecule has 0 fully saturated rings. The maximum atomic E-state index is 12.0. The van der Waals surface area contributed by atoms with E-state index in [1.807, 2.05) is 18.2 Å². The molecule has 2 aromatic rings. The van der Waals surface area contributed by atoms with Crippen LogP contribution in [0.15, 0.2) is 36.4 Å². The van der Waals surface area contributed by atoms with Crippen LogP contribution in [0.5, 0.6) is 5.75 Å². The van der Waals surface area contributed by atoms with Crippen LogP contribution in [0.3, 0.4) is 0 Å². The Kier molecular flexibility index (Phi) is 5.88. The fourth-order valence-corrected chi connectivity index (χ4v) is 3.18. The Labute approximate surface area is 161 Å². The summed E-state index contributed by atoms with van der Waals surface area (Å²) >= 11 is 0. The van der Waals surface area contributed by atoms with Gasteiger partial charge in [0.2, 0.25) is 0 Å². The lowest BCUT2D eigenvalue weighted by Crippen LogP contribution is -2.22. The molecule has 1 amide bonds. The van der Waals surface area contributed by atoms with Crippen molar-refractivity contribution in [1.29, 1.82) is 0 Å². The van der Waals surface area contributed by atoms with Crippen molar-refractivity contribution in [3.8, 4) is 5.75 Å².